The van der Waals surface area contributed by atoms with Gasteiger partial charge in [-0.1, -0.05) is 6.07 Å². The molecule has 0 radical (unpaired) electrons. The number of hydrogen-bond donors (Lipinski definition) is 1. The molecule has 1 fully saturated rings. The van der Waals surface area contributed by atoms with Gasteiger partial charge in [0.1, 0.15) is 5.69 Å². The van der Waals surface area contributed by atoms with Gasteiger partial charge in [0.05, 0.1) is 24.7 Å². The van der Waals surface area contributed by atoms with E-state index >= 15 is 0 Å². The molecule has 9 heteroatoms. The predicted octanol–water partition coefficient (Wildman–Crippen LogP) is -0.448. The maximum absolute atomic E-state index is 12.0. The highest BCUT2D eigenvalue weighted by Gasteiger charge is 2.35. The number of esters is 1. The first-order valence-corrected chi connectivity index (χ1v) is 9.18. The Balaban J connectivity index is 2.02. The Hall–Kier alpha value is -1.55. The normalized spacial score (nSPS) is 22.0. The third kappa shape index (κ3) is 4.50. The summed E-state index contributed by atoms with van der Waals surface area (Å²) in [5.41, 5.74) is 0.891. The molecule has 2 rings (SSSR count). The average molecular weight is 357 g/mol. The molecule has 0 unspecified atom stereocenters. The van der Waals surface area contributed by atoms with E-state index in [1.165, 1.54) is 25.5 Å². The van der Waals surface area contributed by atoms with Crippen LogP contribution in [0.4, 0.5) is 0 Å². The summed E-state index contributed by atoms with van der Waals surface area (Å²) < 4.78 is 29.8. The third-order valence-corrected chi connectivity index (χ3v) is 6.01. The van der Waals surface area contributed by atoms with Crippen LogP contribution in [0.15, 0.2) is 18.2 Å². The molecule has 1 N–H and O–H groups in total. The SMILES string of the molecule is COC(=O)c1cccc(CN2C[C@@H](CS(=O)(=O)N(C)C)[C@H](O)C2)n1. The van der Waals surface area contributed by atoms with Crippen LogP contribution in [0.5, 0.6) is 0 Å². The number of sulfonamides is 1. The second-order valence-electron chi connectivity index (χ2n) is 6.09. The highest BCUT2D eigenvalue weighted by Crippen LogP contribution is 2.21. The van der Waals surface area contributed by atoms with Gasteiger partial charge in [0.2, 0.25) is 10.0 Å². The number of hydrogen-bond acceptors (Lipinski definition) is 7. The van der Waals surface area contributed by atoms with Crippen LogP contribution in [-0.4, -0.2) is 79.8 Å². The van der Waals surface area contributed by atoms with Crippen molar-refractivity contribution in [2.24, 2.45) is 5.92 Å². The quantitative estimate of drug-likeness (QED) is 0.689. The zero-order chi connectivity index (χ0) is 17.9. The van der Waals surface area contributed by atoms with Gasteiger partial charge in [0.15, 0.2) is 0 Å². The average Bonchev–Trinajstić information content (AvgIpc) is 2.85. The van der Waals surface area contributed by atoms with Crippen LogP contribution in [0, 0.1) is 5.92 Å². The van der Waals surface area contributed by atoms with Crippen molar-refractivity contribution in [2.75, 3.05) is 40.0 Å². The monoisotopic (exact) mass is 357 g/mol. The summed E-state index contributed by atoms with van der Waals surface area (Å²) in [7, 11) is 0.898. The molecule has 0 saturated carbocycles. The highest BCUT2D eigenvalue weighted by molar-refractivity contribution is 7.89. The topological polar surface area (TPSA) is 100 Å². The van der Waals surface area contributed by atoms with Crippen molar-refractivity contribution in [3.8, 4) is 0 Å². The fourth-order valence-electron chi connectivity index (χ4n) is 2.67. The minimum atomic E-state index is -3.36. The molecule has 1 aliphatic heterocycles. The van der Waals surface area contributed by atoms with Gasteiger partial charge in [-0.3, -0.25) is 4.90 Å². The molecule has 0 aliphatic carbocycles. The van der Waals surface area contributed by atoms with E-state index in [1.54, 1.807) is 18.2 Å². The number of likely N-dealkylation sites (tertiary alicyclic amines) is 1. The lowest BCUT2D eigenvalue weighted by Crippen LogP contribution is -2.33. The molecule has 1 saturated heterocycles. The Labute approximate surface area is 142 Å². The van der Waals surface area contributed by atoms with Gasteiger partial charge in [-0.25, -0.2) is 22.5 Å². The number of aromatic nitrogens is 1. The van der Waals surface area contributed by atoms with E-state index in [1.807, 2.05) is 4.90 Å². The summed E-state index contributed by atoms with van der Waals surface area (Å²) >= 11 is 0. The zero-order valence-corrected chi connectivity index (χ0v) is 14.9. The van der Waals surface area contributed by atoms with Crippen LogP contribution in [0.2, 0.25) is 0 Å². The van der Waals surface area contributed by atoms with Crippen molar-refractivity contribution in [2.45, 2.75) is 12.6 Å². The molecule has 2 heterocycles. The number of rotatable bonds is 6. The molecule has 0 bridgehead atoms. The number of nitrogens with zero attached hydrogens (tertiary/aromatic N) is 3. The summed E-state index contributed by atoms with van der Waals surface area (Å²) in [6.45, 7) is 1.26. The van der Waals surface area contributed by atoms with Crippen molar-refractivity contribution in [3.05, 3.63) is 29.6 Å². The van der Waals surface area contributed by atoms with Crippen LogP contribution in [0.25, 0.3) is 0 Å². The van der Waals surface area contributed by atoms with E-state index in [2.05, 4.69) is 9.72 Å². The van der Waals surface area contributed by atoms with Gasteiger partial charge in [-0.2, -0.15) is 0 Å². The Morgan fingerprint density at radius 2 is 2.12 bits per heavy atom. The summed E-state index contributed by atoms with van der Waals surface area (Å²) in [5.74, 6) is -0.942. The molecule has 0 spiro atoms. The van der Waals surface area contributed by atoms with Crippen molar-refractivity contribution >= 4 is 16.0 Å². The standard InChI is InChI=1S/C15H23N3O5S/c1-17(2)24(21,22)10-11-7-18(9-14(11)19)8-12-5-4-6-13(16-12)15(20)23-3/h4-6,11,14,19H,7-10H2,1-3H3/t11-,14+/m0/s1. The fourth-order valence-corrected chi connectivity index (χ4v) is 3.84. The molecule has 2 atom stereocenters. The van der Waals surface area contributed by atoms with E-state index < -0.39 is 22.1 Å². The van der Waals surface area contributed by atoms with Gasteiger partial charge in [0.25, 0.3) is 0 Å². The van der Waals surface area contributed by atoms with E-state index in [0.29, 0.717) is 25.3 Å². The molecule has 1 aliphatic rings. The maximum atomic E-state index is 12.0. The van der Waals surface area contributed by atoms with Crippen molar-refractivity contribution in [1.29, 1.82) is 0 Å². The zero-order valence-electron chi connectivity index (χ0n) is 14.0. The number of carbonyl (C=O) groups excluding carboxylic acids is 1. The Morgan fingerprint density at radius 3 is 2.75 bits per heavy atom. The van der Waals surface area contributed by atoms with Gasteiger partial charge < -0.3 is 9.84 Å². The third-order valence-electron chi connectivity index (χ3n) is 4.05. The minimum Gasteiger partial charge on any atom is -0.464 e. The van der Waals surface area contributed by atoms with Crippen LogP contribution >= 0.6 is 0 Å². The Kier molecular flexibility index (Phi) is 5.92. The number of ether oxygens (including phenoxy) is 1. The first kappa shape index (κ1) is 18.8. The molecule has 0 aromatic carbocycles. The van der Waals surface area contributed by atoms with Crippen molar-refractivity contribution in [1.82, 2.24) is 14.2 Å². The second kappa shape index (κ2) is 7.56. The fraction of sp³-hybridized carbons (Fsp3) is 0.600. The van der Waals surface area contributed by atoms with E-state index in [4.69, 9.17) is 0 Å². The van der Waals surface area contributed by atoms with Crippen molar-refractivity contribution < 1.29 is 23.1 Å². The predicted molar refractivity (Wildman–Crippen MR) is 87.8 cm³/mol. The lowest BCUT2D eigenvalue weighted by Gasteiger charge is -2.18. The molecular formula is C15H23N3O5S. The van der Waals surface area contributed by atoms with Gasteiger partial charge in [-0.15, -0.1) is 0 Å². The molecular weight excluding hydrogens is 334 g/mol. The lowest BCUT2D eigenvalue weighted by atomic mass is 10.1. The Morgan fingerprint density at radius 1 is 1.42 bits per heavy atom. The second-order valence-corrected chi connectivity index (χ2v) is 8.32. The van der Waals surface area contributed by atoms with Crippen LogP contribution in [-0.2, 0) is 21.3 Å². The number of β-amino-alcohol motifs (C(OH)–C–C–N with tert-alkyl or cyclic N) is 1. The molecule has 1 aromatic heterocycles. The van der Waals surface area contributed by atoms with Crippen LogP contribution < -0.4 is 0 Å². The van der Waals surface area contributed by atoms with Gasteiger partial charge in [0, 0.05) is 39.6 Å². The molecule has 134 valence electrons. The lowest BCUT2D eigenvalue weighted by molar-refractivity contribution is 0.0593. The van der Waals surface area contributed by atoms with Crippen LogP contribution in [0.3, 0.4) is 0 Å². The van der Waals surface area contributed by atoms with Gasteiger partial charge >= 0.3 is 5.97 Å². The Bertz CT molecular complexity index is 692. The van der Waals surface area contributed by atoms with Crippen molar-refractivity contribution in [3.63, 3.8) is 0 Å². The number of pyridine rings is 1. The van der Waals surface area contributed by atoms with E-state index in [-0.39, 0.29) is 17.4 Å². The first-order chi connectivity index (χ1) is 11.2. The molecule has 24 heavy (non-hydrogen) atoms. The first-order valence-electron chi connectivity index (χ1n) is 7.58. The molecule has 8 nitrogen and oxygen atoms in total. The van der Waals surface area contributed by atoms with E-state index in [9.17, 15) is 18.3 Å². The van der Waals surface area contributed by atoms with E-state index in [0.717, 1.165) is 0 Å². The number of aliphatic hydroxyl groups excluding tert-OH is 1. The molecule has 1 aromatic rings. The summed E-state index contributed by atoms with van der Waals surface area (Å²) in [4.78, 5) is 17.7. The largest absolute Gasteiger partial charge is 0.464 e. The minimum absolute atomic E-state index is 0.0900. The van der Waals surface area contributed by atoms with Gasteiger partial charge in [-0.05, 0) is 12.1 Å². The maximum Gasteiger partial charge on any atom is 0.356 e. The summed E-state index contributed by atoms with van der Waals surface area (Å²) in [6.07, 6.45) is -0.705. The number of methoxy groups -OCH3 is 1. The molecule has 0 amide bonds. The summed E-state index contributed by atoms with van der Waals surface area (Å²) in [5, 5.41) is 10.1. The highest BCUT2D eigenvalue weighted by atomic mass is 32.2. The number of carbonyl (C=O) groups is 1. The van der Waals surface area contributed by atoms with Crippen LogP contribution in [0.1, 0.15) is 16.2 Å². The summed E-state index contributed by atoms with van der Waals surface area (Å²) in [6, 6.07) is 5.07. The number of aliphatic hydroxyl groups is 1. The smallest absolute Gasteiger partial charge is 0.356 e.